The van der Waals surface area contributed by atoms with Crippen LogP contribution in [0.4, 0.5) is 5.69 Å². The number of H-pyrrole nitrogens is 1. The summed E-state index contributed by atoms with van der Waals surface area (Å²) < 4.78 is 11.4. The number of nitrogens with one attached hydrogen (secondary N) is 2. The minimum absolute atomic E-state index is 0.0288. The summed E-state index contributed by atoms with van der Waals surface area (Å²) in [4.78, 5) is 25.0. The van der Waals surface area contributed by atoms with Crippen LogP contribution in [0.5, 0.6) is 11.5 Å². The molecular formula is C26H22ClN5O4. The lowest BCUT2D eigenvalue weighted by molar-refractivity contribution is -0.0223. The van der Waals surface area contributed by atoms with Gasteiger partial charge < -0.3 is 24.9 Å². The Balaban J connectivity index is 1.47. The molecule has 1 aliphatic rings. The molecule has 9 nitrogen and oxygen atoms in total. The predicted octanol–water partition coefficient (Wildman–Crippen LogP) is 4.46. The van der Waals surface area contributed by atoms with Crippen molar-refractivity contribution in [2.24, 2.45) is 0 Å². The zero-order chi connectivity index (χ0) is 25.1. The fraction of sp³-hybridized carbons (Fsp3) is 0.231. The number of hydrogen-bond donors (Lipinski definition) is 3. The Labute approximate surface area is 211 Å². The second kappa shape index (κ2) is 10.3. The van der Waals surface area contributed by atoms with Gasteiger partial charge in [-0.3, -0.25) is 9.78 Å². The second-order valence-corrected chi connectivity index (χ2v) is 8.81. The molecule has 0 aliphatic carbocycles. The number of fused-ring (bicyclic) bond motifs is 1. The van der Waals surface area contributed by atoms with Gasteiger partial charge >= 0.3 is 0 Å². The monoisotopic (exact) mass is 503 g/mol. The van der Waals surface area contributed by atoms with Crippen molar-refractivity contribution in [2.75, 3.05) is 18.5 Å². The van der Waals surface area contributed by atoms with E-state index in [0.29, 0.717) is 52.4 Å². The topological polar surface area (TPSA) is 133 Å². The van der Waals surface area contributed by atoms with Gasteiger partial charge in [0.05, 0.1) is 52.7 Å². The van der Waals surface area contributed by atoms with Crippen molar-refractivity contribution in [3.63, 3.8) is 0 Å². The quantitative estimate of drug-likeness (QED) is 0.315. The number of rotatable bonds is 7. The summed E-state index contributed by atoms with van der Waals surface area (Å²) in [5.74, 6) is 0.698. The van der Waals surface area contributed by atoms with E-state index in [4.69, 9.17) is 21.1 Å². The van der Waals surface area contributed by atoms with Gasteiger partial charge in [-0.05, 0) is 37.1 Å². The Morgan fingerprint density at radius 2 is 2.17 bits per heavy atom. The number of carbonyl (C=O) groups is 1. The molecule has 1 saturated heterocycles. The van der Waals surface area contributed by atoms with Crippen molar-refractivity contribution in [3.05, 3.63) is 76.8 Å². The average Bonchev–Trinajstić information content (AvgIpc) is 3.34. The first-order chi connectivity index (χ1) is 17.6. The molecule has 2 atom stereocenters. The van der Waals surface area contributed by atoms with Crippen LogP contribution in [0.2, 0.25) is 5.02 Å². The molecule has 4 heterocycles. The first-order valence-corrected chi connectivity index (χ1v) is 11.8. The van der Waals surface area contributed by atoms with Gasteiger partial charge in [0.25, 0.3) is 0 Å². The van der Waals surface area contributed by atoms with Crippen LogP contribution in [0.3, 0.4) is 0 Å². The molecule has 10 heteroatoms. The summed E-state index contributed by atoms with van der Waals surface area (Å²) in [5.41, 5.74) is 1.92. The minimum atomic E-state index is -0.320. The lowest BCUT2D eigenvalue weighted by Crippen LogP contribution is -2.36. The molecular weight excluding hydrogens is 482 g/mol. The van der Waals surface area contributed by atoms with Crippen LogP contribution in [0, 0.1) is 11.3 Å². The van der Waals surface area contributed by atoms with Gasteiger partial charge in [-0.2, -0.15) is 5.26 Å². The van der Waals surface area contributed by atoms with Crippen LogP contribution in [-0.4, -0.2) is 51.2 Å². The van der Waals surface area contributed by atoms with Gasteiger partial charge in [-0.1, -0.05) is 11.6 Å². The molecule has 0 amide bonds. The Morgan fingerprint density at radius 1 is 1.28 bits per heavy atom. The van der Waals surface area contributed by atoms with Crippen LogP contribution in [-0.2, 0) is 4.74 Å². The van der Waals surface area contributed by atoms with Crippen LogP contribution >= 0.6 is 11.6 Å². The molecule has 0 unspecified atom stereocenters. The van der Waals surface area contributed by atoms with Crippen molar-refractivity contribution < 1.29 is 19.4 Å². The number of nitriles is 1. The van der Waals surface area contributed by atoms with Gasteiger partial charge in [0.15, 0.2) is 5.78 Å². The molecule has 1 aromatic carbocycles. The Kier molecular flexibility index (Phi) is 6.82. The minimum Gasteiger partial charge on any atom is -0.456 e. The number of anilines is 1. The molecule has 182 valence electrons. The van der Waals surface area contributed by atoms with E-state index in [2.05, 4.69) is 26.3 Å². The number of pyridine rings is 2. The number of aliphatic hydroxyl groups is 1. The van der Waals surface area contributed by atoms with E-state index in [9.17, 15) is 15.2 Å². The van der Waals surface area contributed by atoms with Crippen molar-refractivity contribution in [2.45, 2.75) is 25.0 Å². The zero-order valence-electron chi connectivity index (χ0n) is 19.1. The summed E-state index contributed by atoms with van der Waals surface area (Å²) in [6.45, 7) is 0.344. The largest absolute Gasteiger partial charge is 0.456 e. The third-order valence-electron chi connectivity index (χ3n) is 6.04. The number of ether oxygens (including phenoxy) is 2. The second-order valence-electron chi connectivity index (χ2n) is 8.40. The maximum Gasteiger partial charge on any atom is 0.196 e. The molecule has 0 bridgehead atoms. The summed E-state index contributed by atoms with van der Waals surface area (Å²) in [5, 5.41) is 23.2. The maximum absolute atomic E-state index is 13.6. The van der Waals surface area contributed by atoms with Crippen molar-refractivity contribution in [3.8, 4) is 17.6 Å². The summed E-state index contributed by atoms with van der Waals surface area (Å²) >= 11 is 6.49. The Hall–Kier alpha value is -3.97. The maximum atomic E-state index is 13.6. The SMILES string of the molecule is N#Cc1cnc2[nH]cc(C(=O)c3ccc(Oc4cccnc4)cc3Cl)c2c1N[C@@H]1CC[C@@H](CO)OC1. The summed E-state index contributed by atoms with van der Waals surface area (Å²) in [6.07, 6.45) is 7.51. The molecule has 0 saturated carbocycles. The number of aromatic nitrogens is 3. The molecule has 0 radical (unpaired) electrons. The Morgan fingerprint density at radius 3 is 2.86 bits per heavy atom. The third kappa shape index (κ3) is 4.75. The number of aliphatic hydroxyl groups excluding tert-OH is 1. The van der Waals surface area contributed by atoms with E-state index in [1.807, 2.05) is 0 Å². The summed E-state index contributed by atoms with van der Waals surface area (Å²) in [7, 11) is 0. The van der Waals surface area contributed by atoms with Gasteiger partial charge in [0.2, 0.25) is 0 Å². The van der Waals surface area contributed by atoms with E-state index in [1.54, 1.807) is 48.9 Å². The lowest BCUT2D eigenvalue weighted by Gasteiger charge is -2.29. The van der Waals surface area contributed by atoms with Crippen molar-refractivity contribution >= 4 is 34.1 Å². The fourth-order valence-electron chi connectivity index (χ4n) is 4.21. The predicted molar refractivity (Wildman–Crippen MR) is 133 cm³/mol. The van der Waals surface area contributed by atoms with Gasteiger partial charge in [0, 0.05) is 36.3 Å². The zero-order valence-corrected chi connectivity index (χ0v) is 19.8. The smallest absolute Gasteiger partial charge is 0.196 e. The highest BCUT2D eigenvalue weighted by Gasteiger charge is 2.26. The highest BCUT2D eigenvalue weighted by molar-refractivity contribution is 6.36. The molecule has 36 heavy (non-hydrogen) atoms. The van der Waals surface area contributed by atoms with Gasteiger partial charge in [-0.15, -0.1) is 0 Å². The lowest BCUT2D eigenvalue weighted by atomic mass is 10.00. The number of benzene rings is 1. The molecule has 0 spiro atoms. The first-order valence-electron chi connectivity index (χ1n) is 11.4. The van der Waals surface area contributed by atoms with Crippen LogP contribution < -0.4 is 10.1 Å². The number of carbonyl (C=O) groups excluding carboxylic acids is 1. The highest BCUT2D eigenvalue weighted by Crippen LogP contribution is 2.34. The van der Waals surface area contributed by atoms with Gasteiger partial charge in [-0.25, -0.2) is 4.98 Å². The fourth-order valence-corrected chi connectivity index (χ4v) is 4.47. The third-order valence-corrected chi connectivity index (χ3v) is 6.36. The van der Waals surface area contributed by atoms with Crippen molar-refractivity contribution in [1.29, 1.82) is 5.26 Å². The summed E-state index contributed by atoms with van der Waals surface area (Å²) in [6, 6.07) is 10.4. The normalized spacial score (nSPS) is 17.5. The number of hydrogen-bond acceptors (Lipinski definition) is 8. The molecule has 1 fully saturated rings. The average molecular weight is 504 g/mol. The highest BCUT2D eigenvalue weighted by atomic mass is 35.5. The van der Waals surface area contributed by atoms with Gasteiger partial charge in [0.1, 0.15) is 23.2 Å². The van der Waals surface area contributed by atoms with Crippen LogP contribution in [0.25, 0.3) is 11.0 Å². The van der Waals surface area contributed by atoms with E-state index in [0.717, 1.165) is 6.42 Å². The van der Waals surface area contributed by atoms with E-state index in [-0.39, 0.29) is 35.1 Å². The van der Waals surface area contributed by atoms with E-state index in [1.165, 1.54) is 6.20 Å². The van der Waals surface area contributed by atoms with Crippen LogP contribution in [0.15, 0.2) is 55.1 Å². The first kappa shape index (κ1) is 23.8. The molecule has 3 aromatic heterocycles. The number of halogens is 1. The van der Waals surface area contributed by atoms with E-state index >= 15 is 0 Å². The number of ketones is 1. The molecule has 5 rings (SSSR count). The number of aromatic amines is 1. The standard InChI is InChI=1S/C26H22ClN5O4/c27-22-8-17(36-18-2-1-7-29-11-18)5-6-20(22)25(34)21-12-31-26-23(21)24(15(9-28)10-30-26)32-16-3-4-19(13-33)35-14-16/h1-2,5-8,10-12,16,19,33H,3-4,13-14H2,(H2,30,31,32)/t16-,19+/m1/s1. The van der Waals surface area contributed by atoms with Crippen LogP contribution in [0.1, 0.15) is 34.3 Å². The Bertz CT molecular complexity index is 1440. The molecule has 4 aromatic rings. The number of nitrogens with zero attached hydrogens (tertiary/aromatic N) is 3. The van der Waals surface area contributed by atoms with Crippen molar-refractivity contribution in [1.82, 2.24) is 15.0 Å². The molecule has 3 N–H and O–H groups in total. The molecule has 1 aliphatic heterocycles. The van der Waals surface area contributed by atoms with E-state index < -0.39 is 0 Å².